The standard InChI is InChI=1S/C18H19NO5S/c1-4-10-18(24-3)16(21)19-14(12(2)11-25(22,23)17(18)19)15(20)13-8-6-5-7-9-13/h4-9,17H,1,10-11H2,2-3H3/t17-,18+/m0/s1. The summed E-state index contributed by atoms with van der Waals surface area (Å²) in [5.41, 5.74) is -0.611. The van der Waals surface area contributed by atoms with Gasteiger partial charge >= 0.3 is 0 Å². The predicted molar refractivity (Wildman–Crippen MR) is 92.4 cm³/mol. The summed E-state index contributed by atoms with van der Waals surface area (Å²) in [6, 6.07) is 8.49. The Hall–Kier alpha value is -2.25. The first-order valence-corrected chi connectivity index (χ1v) is 9.52. The second kappa shape index (κ2) is 5.93. The molecule has 0 aromatic heterocycles. The third-order valence-corrected chi connectivity index (χ3v) is 6.79. The molecule has 1 fully saturated rings. The van der Waals surface area contributed by atoms with Gasteiger partial charge in [0.25, 0.3) is 5.91 Å². The smallest absolute Gasteiger partial charge is 0.264 e. The second-order valence-corrected chi connectivity index (χ2v) is 8.31. The fraction of sp³-hybridized carbons (Fsp3) is 0.333. The number of carbonyl (C=O) groups excluding carboxylic acids is 2. The van der Waals surface area contributed by atoms with E-state index in [9.17, 15) is 18.0 Å². The van der Waals surface area contributed by atoms with Crippen molar-refractivity contribution in [3.8, 4) is 0 Å². The van der Waals surface area contributed by atoms with Crippen LogP contribution in [0.25, 0.3) is 0 Å². The first-order valence-electron chi connectivity index (χ1n) is 7.81. The lowest BCUT2D eigenvalue weighted by molar-refractivity contribution is -0.181. The lowest BCUT2D eigenvalue weighted by Crippen LogP contribution is -2.78. The van der Waals surface area contributed by atoms with E-state index in [4.69, 9.17) is 4.74 Å². The van der Waals surface area contributed by atoms with E-state index in [1.54, 1.807) is 37.3 Å². The van der Waals surface area contributed by atoms with Crippen molar-refractivity contribution >= 4 is 21.5 Å². The molecule has 0 N–H and O–H groups in total. The van der Waals surface area contributed by atoms with Crippen molar-refractivity contribution in [2.45, 2.75) is 24.3 Å². The average molecular weight is 361 g/mol. The Labute approximate surface area is 146 Å². The number of rotatable bonds is 5. The SMILES string of the molecule is C=CC[C@@]1(OC)C(=O)N2C(C(=O)c3ccccc3)=C(C)CS(=O)(=O)[C@H]21. The number of Topliss-reactive ketones (excluding diaryl/α,β-unsaturated/α-hetero) is 1. The summed E-state index contributed by atoms with van der Waals surface area (Å²) in [4.78, 5) is 26.8. The van der Waals surface area contributed by atoms with Crippen LogP contribution in [0.5, 0.6) is 0 Å². The lowest BCUT2D eigenvalue weighted by Gasteiger charge is -2.55. The van der Waals surface area contributed by atoms with Crippen LogP contribution >= 0.6 is 0 Å². The van der Waals surface area contributed by atoms with Crippen LogP contribution in [0.1, 0.15) is 23.7 Å². The number of fused-ring (bicyclic) bond motifs is 1. The molecule has 1 aromatic rings. The van der Waals surface area contributed by atoms with Crippen molar-refractivity contribution in [2.75, 3.05) is 12.9 Å². The van der Waals surface area contributed by atoms with Crippen LogP contribution in [0.15, 0.2) is 54.3 Å². The molecule has 3 rings (SSSR count). The molecule has 1 aromatic carbocycles. The minimum absolute atomic E-state index is 0.0641. The van der Waals surface area contributed by atoms with E-state index in [-0.39, 0.29) is 23.7 Å². The summed E-state index contributed by atoms with van der Waals surface area (Å²) in [7, 11) is -2.37. The molecule has 2 atom stereocenters. The van der Waals surface area contributed by atoms with Gasteiger partial charge in [-0.3, -0.25) is 14.5 Å². The van der Waals surface area contributed by atoms with E-state index in [0.717, 1.165) is 4.90 Å². The Kier molecular flexibility index (Phi) is 4.17. The number of sulfone groups is 1. The van der Waals surface area contributed by atoms with Crippen molar-refractivity contribution in [1.82, 2.24) is 4.90 Å². The molecule has 132 valence electrons. The van der Waals surface area contributed by atoms with E-state index in [2.05, 4.69) is 6.58 Å². The van der Waals surface area contributed by atoms with Gasteiger partial charge in [0, 0.05) is 19.1 Å². The molecule has 0 unspecified atom stereocenters. The fourth-order valence-electron chi connectivity index (χ4n) is 3.59. The predicted octanol–water partition coefficient (Wildman–Crippen LogP) is 1.70. The number of ether oxygens (including phenoxy) is 1. The average Bonchev–Trinajstić information content (AvgIpc) is 2.58. The minimum atomic E-state index is -3.67. The van der Waals surface area contributed by atoms with E-state index in [1.807, 2.05) is 0 Å². The van der Waals surface area contributed by atoms with Gasteiger partial charge in [-0.15, -0.1) is 6.58 Å². The molecule has 0 saturated carbocycles. The molecule has 0 radical (unpaired) electrons. The number of nitrogens with zero attached hydrogens (tertiary/aromatic N) is 1. The largest absolute Gasteiger partial charge is 0.365 e. The molecular formula is C18H19NO5S. The second-order valence-electron chi connectivity index (χ2n) is 6.25. The van der Waals surface area contributed by atoms with Gasteiger partial charge in [-0.2, -0.15) is 0 Å². The molecule has 0 aliphatic carbocycles. The number of amides is 1. The van der Waals surface area contributed by atoms with Gasteiger partial charge in [-0.25, -0.2) is 8.42 Å². The molecule has 2 heterocycles. The van der Waals surface area contributed by atoms with Crippen LogP contribution in [-0.4, -0.2) is 48.8 Å². The first kappa shape index (κ1) is 17.6. The van der Waals surface area contributed by atoms with Crippen LogP contribution in [0, 0.1) is 0 Å². The van der Waals surface area contributed by atoms with Gasteiger partial charge in [0.1, 0.15) is 0 Å². The van der Waals surface area contributed by atoms with Crippen molar-refractivity contribution in [3.05, 3.63) is 59.8 Å². The highest BCUT2D eigenvalue weighted by molar-refractivity contribution is 7.92. The minimum Gasteiger partial charge on any atom is -0.365 e. The van der Waals surface area contributed by atoms with E-state index in [0.29, 0.717) is 11.1 Å². The molecule has 1 saturated heterocycles. The number of allylic oxidation sites excluding steroid dienone is 1. The number of hydrogen-bond donors (Lipinski definition) is 0. The maximum Gasteiger partial charge on any atom is 0.264 e. The third kappa shape index (κ3) is 2.38. The van der Waals surface area contributed by atoms with E-state index in [1.165, 1.54) is 13.2 Å². The highest BCUT2D eigenvalue weighted by atomic mass is 32.2. The number of β-lactam (4-membered cyclic amide) rings is 1. The molecule has 2 aliphatic rings. The number of carbonyl (C=O) groups is 2. The molecule has 0 bridgehead atoms. The number of benzene rings is 1. The molecule has 1 amide bonds. The molecule has 25 heavy (non-hydrogen) atoms. The van der Waals surface area contributed by atoms with Crippen molar-refractivity contribution < 1.29 is 22.7 Å². The maximum absolute atomic E-state index is 12.9. The molecule has 7 heteroatoms. The van der Waals surface area contributed by atoms with Crippen molar-refractivity contribution in [2.24, 2.45) is 0 Å². The van der Waals surface area contributed by atoms with Gasteiger partial charge < -0.3 is 4.74 Å². The zero-order valence-electron chi connectivity index (χ0n) is 14.1. The Bertz CT molecular complexity index is 887. The highest BCUT2D eigenvalue weighted by Gasteiger charge is 2.69. The van der Waals surface area contributed by atoms with Gasteiger partial charge in [0.15, 0.2) is 20.8 Å². The molecule has 2 aliphatic heterocycles. The third-order valence-electron chi connectivity index (χ3n) is 4.68. The first-order chi connectivity index (χ1) is 11.8. The number of methoxy groups -OCH3 is 1. The Morgan fingerprint density at radius 3 is 2.60 bits per heavy atom. The van der Waals surface area contributed by atoms with Crippen molar-refractivity contribution in [3.63, 3.8) is 0 Å². The Morgan fingerprint density at radius 2 is 2.04 bits per heavy atom. The summed E-state index contributed by atoms with van der Waals surface area (Å²) < 4.78 is 30.7. The topological polar surface area (TPSA) is 80.8 Å². The summed E-state index contributed by atoms with van der Waals surface area (Å²) in [6.45, 7) is 5.15. The van der Waals surface area contributed by atoms with Crippen LogP contribution in [-0.2, 0) is 19.4 Å². The van der Waals surface area contributed by atoms with Crippen LogP contribution < -0.4 is 0 Å². The quantitative estimate of drug-likeness (QED) is 0.453. The maximum atomic E-state index is 12.9. The van der Waals surface area contributed by atoms with Crippen LogP contribution in [0.4, 0.5) is 0 Å². The summed E-state index contributed by atoms with van der Waals surface area (Å²) >= 11 is 0. The van der Waals surface area contributed by atoms with Gasteiger partial charge in [0.05, 0.1) is 11.4 Å². The van der Waals surface area contributed by atoms with Crippen molar-refractivity contribution in [1.29, 1.82) is 0 Å². The number of hydrogen-bond acceptors (Lipinski definition) is 5. The van der Waals surface area contributed by atoms with E-state index >= 15 is 0 Å². The Morgan fingerprint density at radius 1 is 1.40 bits per heavy atom. The molecular weight excluding hydrogens is 342 g/mol. The zero-order valence-corrected chi connectivity index (χ0v) is 14.9. The van der Waals surface area contributed by atoms with E-state index < -0.39 is 26.7 Å². The van der Waals surface area contributed by atoms with Gasteiger partial charge in [-0.05, 0) is 12.5 Å². The Balaban J connectivity index is 2.12. The van der Waals surface area contributed by atoms with Crippen LogP contribution in [0.3, 0.4) is 0 Å². The highest BCUT2D eigenvalue weighted by Crippen LogP contribution is 2.47. The molecule has 6 nitrogen and oxygen atoms in total. The summed E-state index contributed by atoms with van der Waals surface area (Å²) in [6.07, 6.45) is 1.52. The summed E-state index contributed by atoms with van der Waals surface area (Å²) in [5.74, 6) is -1.17. The van der Waals surface area contributed by atoms with Crippen LogP contribution in [0.2, 0.25) is 0 Å². The van der Waals surface area contributed by atoms with Gasteiger partial charge in [-0.1, -0.05) is 36.4 Å². The lowest BCUT2D eigenvalue weighted by atomic mass is 9.85. The monoisotopic (exact) mass is 361 g/mol. The zero-order chi connectivity index (χ0) is 18.4. The number of ketones is 1. The van der Waals surface area contributed by atoms with Gasteiger partial charge in [0.2, 0.25) is 5.78 Å². The fourth-order valence-corrected chi connectivity index (χ4v) is 5.88. The molecule has 0 spiro atoms. The summed E-state index contributed by atoms with van der Waals surface area (Å²) in [5, 5.41) is -1.21. The normalized spacial score (nSPS) is 27.5.